The SMILES string of the molecule is CCC(=O)Nc1ccc(C(=O)OC)c(C)c1C. The number of hydrogen-bond donors (Lipinski definition) is 1. The number of carbonyl (C=O) groups is 2. The lowest BCUT2D eigenvalue weighted by molar-refractivity contribution is -0.115. The molecular formula is C13H17NO3. The van der Waals surface area contributed by atoms with Crippen molar-refractivity contribution in [3.05, 3.63) is 28.8 Å². The number of methoxy groups -OCH3 is 1. The second kappa shape index (κ2) is 5.48. The van der Waals surface area contributed by atoms with E-state index >= 15 is 0 Å². The lowest BCUT2D eigenvalue weighted by Crippen LogP contribution is -2.12. The molecule has 0 bridgehead atoms. The second-order valence-corrected chi connectivity index (χ2v) is 3.80. The van der Waals surface area contributed by atoms with E-state index in [-0.39, 0.29) is 11.9 Å². The van der Waals surface area contributed by atoms with Crippen LogP contribution in [0, 0.1) is 13.8 Å². The molecule has 4 nitrogen and oxygen atoms in total. The van der Waals surface area contributed by atoms with E-state index in [1.54, 1.807) is 19.1 Å². The van der Waals surface area contributed by atoms with Gasteiger partial charge in [0.25, 0.3) is 0 Å². The molecule has 0 spiro atoms. The highest BCUT2D eigenvalue weighted by Gasteiger charge is 2.13. The summed E-state index contributed by atoms with van der Waals surface area (Å²) in [6.45, 7) is 5.50. The van der Waals surface area contributed by atoms with E-state index in [9.17, 15) is 9.59 Å². The van der Waals surface area contributed by atoms with Crippen molar-refractivity contribution < 1.29 is 14.3 Å². The molecule has 1 aromatic rings. The van der Waals surface area contributed by atoms with Crippen LogP contribution in [0.15, 0.2) is 12.1 Å². The molecule has 0 heterocycles. The average Bonchev–Trinajstić information content (AvgIpc) is 2.34. The predicted molar refractivity (Wildman–Crippen MR) is 66.2 cm³/mol. The van der Waals surface area contributed by atoms with Crippen LogP contribution in [-0.4, -0.2) is 19.0 Å². The van der Waals surface area contributed by atoms with E-state index in [0.29, 0.717) is 12.0 Å². The minimum Gasteiger partial charge on any atom is -0.465 e. The minimum atomic E-state index is -0.362. The maximum atomic E-state index is 11.5. The van der Waals surface area contributed by atoms with Crippen LogP contribution < -0.4 is 5.32 Å². The van der Waals surface area contributed by atoms with Crippen LogP contribution in [0.4, 0.5) is 5.69 Å². The topological polar surface area (TPSA) is 55.4 Å². The molecule has 1 aromatic carbocycles. The van der Waals surface area contributed by atoms with Gasteiger partial charge in [-0.15, -0.1) is 0 Å². The molecule has 0 atom stereocenters. The Morgan fingerprint density at radius 1 is 1.24 bits per heavy atom. The number of rotatable bonds is 3. The summed E-state index contributed by atoms with van der Waals surface area (Å²) in [6.07, 6.45) is 0.428. The molecule has 1 amide bonds. The van der Waals surface area contributed by atoms with Crippen LogP contribution >= 0.6 is 0 Å². The second-order valence-electron chi connectivity index (χ2n) is 3.80. The summed E-state index contributed by atoms with van der Waals surface area (Å²) < 4.78 is 4.69. The Morgan fingerprint density at radius 2 is 1.88 bits per heavy atom. The zero-order valence-electron chi connectivity index (χ0n) is 10.6. The third kappa shape index (κ3) is 2.84. The van der Waals surface area contributed by atoms with Crippen molar-refractivity contribution in [3.8, 4) is 0 Å². The van der Waals surface area contributed by atoms with Gasteiger partial charge < -0.3 is 10.1 Å². The Balaban J connectivity index is 3.10. The highest BCUT2D eigenvalue weighted by Crippen LogP contribution is 2.22. The molecule has 0 unspecified atom stereocenters. The molecule has 0 fully saturated rings. The quantitative estimate of drug-likeness (QED) is 0.819. The Bertz CT molecular complexity index is 452. The maximum absolute atomic E-state index is 11.5. The third-order valence-corrected chi connectivity index (χ3v) is 2.79. The van der Waals surface area contributed by atoms with Crippen molar-refractivity contribution in [1.82, 2.24) is 0 Å². The van der Waals surface area contributed by atoms with E-state index in [0.717, 1.165) is 16.8 Å². The van der Waals surface area contributed by atoms with E-state index in [1.807, 2.05) is 13.8 Å². The summed E-state index contributed by atoms with van der Waals surface area (Å²) in [5, 5.41) is 2.79. The molecule has 0 aliphatic heterocycles. The van der Waals surface area contributed by atoms with Crippen LogP contribution in [-0.2, 0) is 9.53 Å². The van der Waals surface area contributed by atoms with E-state index in [4.69, 9.17) is 0 Å². The first-order chi connectivity index (χ1) is 8.01. The van der Waals surface area contributed by atoms with Crippen LogP contribution in [0.3, 0.4) is 0 Å². The summed E-state index contributed by atoms with van der Waals surface area (Å²) >= 11 is 0. The minimum absolute atomic E-state index is 0.0432. The monoisotopic (exact) mass is 235 g/mol. The van der Waals surface area contributed by atoms with Crippen LogP contribution in [0.2, 0.25) is 0 Å². The Labute approximate surface area is 101 Å². The van der Waals surface area contributed by atoms with Gasteiger partial charge >= 0.3 is 5.97 Å². The molecule has 1 rings (SSSR count). The van der Waals surface area contributed by atoms with Crippen molar-refractivity contribution >= 4 is 17.6 Å². The molecule has 0 saturated carbocycles. The molecule has 0 radical (unpaired) electrons. The first kappa shape index (κ1) is 13.2. The molecule has 0 aliphatic carbocycles. The molecule has 0 aromatic heterocycles. The molecule has 17 heavy (non-hydrogen) atoms. The molecule has 0 saturated heterocycles. The number of esters is 1. The van der Waals surface area contributed by atoms with Crippen molar-refractivity contribution in [1.29, 1.82) is 0 Å². The van der Waals surface area contributed by atoms with Crippen LogP contribution in [0.5, 0.6) is 0 Å². The average molecular weight is 235 g/mol. The standard InChI is InChI=1S/C13H17NO3/c1-5-12(15)14-11-7-6-10(13(16)17-4)8(2)9(11)3/h6-7H,5H2,1-4H3,(H,14,15). The number of anilines is 1. The molecular weight excluding hydrogens is 218 g/mol. The summed E-state index contributed by atoms with van der Waals surface area (Å²) in [6, 6.07) is 3.39. The van der Waals surface area contributed by atoms with Gasteiger partial charge in [0, 0.05) is 12.1 Å². The van der Waals surface area contributed by atoms with Gasteiger partial charge in [0.15, 0.2) is 0 Å². The fourth-order valence-electron chi connectivity index (χ4n) is 1.53. The first-order valence-electron chi connectivity index (χ1n) is 5.49. The Hall–Kier alpha value is -1.84. The first-order valence-corrected chi connectivity index (χ1v) is 5.49. The molecule has 0 aliphatic rings. The van der Waals surface area contributed by atoms with Crippen molar-refractivity contribution in [3.63, 3.8) is 0 Å². The van der Waals surface area contributed by atoms with Gasteiger partial charge in [-0.25, -0.2) is 4.79 Å². The maximum Gasteiger partial charge on any atom is 0.338 e. The fourth-order valence-corrected chi connectivity index (χ4v) is 1.53. The van der Waals surface area contributed by atoms with Crippen molar-refractivity contribution in [2.45, 2.75) is 27.2 Å². The smallest absolute Gasteiger partial charge is 0.338 e. The van der Waals surface area contributed by atoms with Gasteiger partial charge in [-0.05, 0) is 37.1 Å². The lowest BCUT2D eigenvalue weighted by Gasteiger charge is -2.12. The Kier molecular flexibility index (Phi) is 4.26. The summed E-state index contributed by atoms with van der Waals surface area (Å²) in [5.41, 5.74) is 2.97. The van der Waals surface area contributed by atoms with Gasteiger partial charge in [0.1, 0.15) is 0 Å². The van der Waals surface area contributed by atoms with Crippen molar-refractivity contribution in [2.75, 3.05) is 12.4 Å². The van der Waals surface area contributed by atoms with Gasteiger partial charge in [0.2, 0.25) is 5.91 Å². The molecule has 1 N–H and O–H groups in total. The summed E-state index contributed by atoms with van der Waals surface area (Å²) in [5.74, 6) is -0.405. The van der Waals surface area contributed by atoms with Gasteiger partial charge in [-0.2, -0.15) is 0 Å². The summed E-state index contributed by atoms with van der Waals surface area (Å²) in [7, 11) is 1.35. The lowest BCUT2D eigenvalue weighted by atomic mass is 10.0. The third-order valence-electron chi connectivity index (χ3n) is 2.79. The van der Waals surface area contributed by atoms with E-state index in [2.05, 4.69) is 10.1 Å². The number of carbonyl (C=O) groups excluding carboxylic acids is 2. The number of hydrogen-bond acceptors (Lipinski definition) is 3. The largest absolute Gasteiger partial charge is 0.465 e. The number of benzene rings is 1. The van der Waals surface area contributed by atoms with Gasteiger partial charge in [-0.1, -0.05) is 6.92 Å². The predicted octanol–water partition coefficient (Wildman–Crippen LogP) is 2.44. The molecule has 92 valence electrons. The van der Waals surface area contributed by atoms with E-state index in [1.165, 1.54) is 7.11 Å². The van der Waals surface area contributed by atoms with Crippen molar-refractivity contribution in [2.24, 2.45) is 0 Å². The van der Waals surface area contributed by atoms with E-state index < -0.39 is 0 Å². The van der Waals surface area contributed by atoms with Crippen LogP contribution in [0.25, 0.3) is 0 Å². The Morgan fingerprint density at radius 3 is 2.41 bits per heavy atom. The van der Waals surface area contributed by atoms with Crippen LogP contribution in [0.1, 0.15) is 34.8 Å². The number of nitrogens with one attached hydrogen (secondary N) is 1. The molecule has 4 heteroatoms. The number of ether oxygens (including phenoxy) is 1. The van der Waals surface area contributed by atoms with Gasteiger partial charge in [-0.3, -0.25) is 4.79 Å². The highest BCUT2D eigenvalue weighted by atomic mass is 16.5. The zero-order chi connectivity index (χ0) is 13.0. The number of amides is 1. The summed E-state index contributed by atoms with van der Waals surface area (Å²) in [4.78, 5) is 22.8. The van der Waals surface area contributed by atoms with Gasteiger partial charge in [0.05, 0.1) is 12.7 Å². The fraction of sp³-hybridized carbons (Fsp3) is 0.385. The normalized spacial score (nSPS) is 9.88. The highest BCUT2D eigenvalue weighted by molar-refractivity contribution is 5.95. The zero-order valence-corrected chi connectivity index (χ0v) is 10.6.